The van der Waals surface area contributed by atoms with Gasteiger partial charge in [0.05, 0.1) is 0 Å². The number of rotatable bonds is 3. The number of aliphatic carboxylic acids is 1. The van der Waals surface area contributed by atoms with E-state index >= 15 is 0 Å². The molecule has 0 aliphatic heterocycles. The van der Waals surface area contributed by atoms with Crippen LogP contribution < -0.4 is 0 Å². The number of carboxylic acid groups (broad SMARTS) is 1. The molecule has 0 bridgehead atoms. The molecule has 1 N–H and O–H groups in total. The van der Waals surface area contributed by atoms with Crippen molar-refractivity contribution in [3.05, 3.63) is 33.8 Å². The first kappa shape index (κ1) is 10.3. The minimum absolute atomic E-state index is 0.183. The van der Waals surface area contributed by atoms with Crippen molar-refractivity contribution >= 4 is 21.9 Å². The average molecular weight is 243 g/mol. The van der Waals surface area contributed by atoms with E-state index in [1.165, 1.54) is 0 Å². The van der Waals surface area contributed by atoms with Gasteiger partial charge in [0.25, 0.3) is 0 Å². The van der Waals surface area contributed by atoms with Crippen LogP contribution in [0.2, 0.25) is 0 Å². The molecule has 2 nitrogen and oxygen atoms in total. The molecule has 0 fully saturated rings. The van der Waals surface area contributed by atoms with E-state index in [-0.39, 0.29) is 6.42 Å². The Labute approximate surface area is 85.7 Å². The molecule has 0 heterocycles. The molecule has 0 saturated heterocycles. The maximum absolute atomic E-state index is 10.4. The van der Waals surface area contributed by atoms with Crippen molar-refractivity contribution in [3.63, 3.8) is 0 Å². The molecule has 0 aromatic heterocycles. The second-order valence-corrected chi connectivity index (χ2v) is 3.84. The zero-order valence-corrected chi connectivity index (χ0v) is 8.97. The van der Waals surface area contributed by atoms with Gasteiger partial charge in [0.15, 0.2) is 0 Å². The van der Waals surface area contributed by atoms with Gasteiger partial charge in [0.1, 0.15) is 0 Å². The predicted molar refractivity (Wildman–Crippen MR) is 54.8 cm³/mol. The number of halogens is 1. The summed E-state index contributed by atoms with van der Waals surface area (Å²) < 4.78 is 0.986. The van der Waals surface area contributed by atoms with Gasteiger partial charge in [-0.1, -0.05) is 33.6 Å². The van der Waals surface area contributed by atoms with E-state index in [0.717, 1.165) is 15.6 Å². The number of hydrogen-bond acceptors (Lipinski definition) is 1. The molecule has 0 saturated carbocycles. The summed E-state index contributed by atoms with van der Waals surface area (Å²) in [4.78, 5) is 10.4. The largest absolute Gasteiger partial charge is 0.481 e. The van der Waals surface area contributed by atoms with Gasteiger partial charge in [-0.05, 0) is 25.0 Å². The molecule has 3 heteroatoms. The summed E-state index contributed by atoms with van der Waals surface area (Å²) >= 11 is 3.39. The number of hydrogen-bond donors (Lipinski definition) is 1. The Morgan fingerprint density at radius 2 is 2.23 bits per heavy atom. The summed E-state index contributed by atoms with van der Waals surface area (Å²) in [5, 5.41) is 8.52. The summed E-state index contributed by atoms with van der Waals surface area (Å²) in [5.74, 6) is -0.756. The fourth-order valence-electron chi connectivity index (χ4n) is 1.14. The third kappa shape index (κ3) is 3.19. The number of carbonyl (C=O) groups is 1. The van der Waals surface area contributed by atoms with Crippen molar-refractivity contribution in [3.8, 4) is 0 Å². The molecule has 0 aliphatic rings. The Hall–Kier alpha value is -0.830. The van der Waals surface area contributed by atoms with E-state index < -0.39 is 5.97 Å². The van der Waals surface area contributed by atoms with Crippen LogP contribution >= 0.6 is 15.9 Å². The van der Waals surface area contributed by atoms with Crippen LogP contribution in [0.15, 0.2) is 22.7 Å². The van der Waals surface area contributed by atoms with Crippen LogP contribution in [0.3, 0.4) is 0 Å². The zero-order chi connectivity index (χ0) is 9.84. The third-order valence-corrected chi connectivity index (χ3v) is 2.58. The van der Waals surface area contributed by atoms with Crippen LogP contribution in [-0.2, 0) is 11.2 Å². The molecule has 0 spiro atoms. The van der Waals surface area contributed by atoms with E-state index in [2.05, 4.69) is 15.9 Å². The Balaban J connectivity index is 2.75. The fraction of sp³-hybridized carbons (Fsp3) is 0.300. The molecule has 0 aliphatic carbocycles. The number of carboxylic acids is 1. The van der Waals surface area contributed by atoms with Crippen LogP contribution in [0.1, 0.15) is 17.5 Å². The lowest BCUT2D eigenvalue weighted by atomic mass is 10.1. The SMILES string of the molecule is Cc1ccc(Br)c(CCC(=O)O)c1. The molecule has 0 amide bonds. The summed E-state index contributed by atoms with van der Waals surface area (Å²) in [7, 11) is 0. The smallest absolute Gasteiger partial charge is 0.303 e. The topological polar surface area (TPSA) is 37.3 Å². The first-order valence-corrected chi connectivity index (χ1v) is 4.85. The second kappa shape index (κ2) is 4.42. The fourth-order valence-corrected chi connectivity index (χ4v) is 1.58. The van der Waals surface area contributed by atoms with Gasteiger partial charge in [0, 0.05) is 10.9 Å². The van der Waals surface area contributed by atoms with Crippen molar-refractivity contribution in [2.75, 3.05) is 0 Å². The van der Waals surface area contributed by atoms with Gasteiger partial charge in [-0.2, -0.15) is 0 Å². The lowest BCUT2D eigenvalue weighted by Gasteiger charge is -2.03. The highest BCUT2D eigenvalue weighted by atomic mass is 79.9. The van der Waals surface area contributed by atoms with E-state index in [9.17, 15) is 4.79 Å². The van der Waals surface area contributed by atoms with Crippen LogP contribution in [0.25, 0.3) is 0 Å². The monoisotopic (exact) mass is 242 g/mol. The Morgan fingerprint density at radius 3 is 2.85 bits per heavy atom. The maximum Gasteiger partial charge on any atom is 0.303 e. The number of aryl methyl sites for hydroxylation is 2. The van der Waals surface area contributed by atoms with E-state index in [4.69, 9.17) is 5.11 Å². The average Bonchev–Trinajstić information content (AvgIpc) is 2.06. The van der Waals surface area contributed by atoms with Gasteiger partial charge in [-0.15, -0.1) is 0 Å². The highest BCUT2D eigenvalue weighted by molar-refractivity contribution is 9.10. The van der Waals surface area contributed by atoms with E-state index in [1.54, 1.807) is 0 Å². The van der Waals surface area contributed by atoms with E-state index in [1.807, 2.05) is 25.1 Å². The second-order valence-electron chi connectivity index (χ2n) is 2.99. The quantitative estimate of drug-likeness (QED) is 0.886. The van der Waals surface area contributed by atoms with Crippen molar-refractivity contribution in [1.82, 2.24) is 0 Å². The van der Waals surface area contributed by atoms with Crippen LogP contribution in [0.5, 0.6) is 0 Å². The molecule has 0 atom stereocenters. The standard InChI is InChI=1S/C10H11BrO2/c1-7-2-4-9(11)8(6-7)3-5-10(12)13/h2,4,6H,3,5H2,1H3,(H,12,13). The Morgan fingerprint density at radius 1 is 1.54 bits per heavy atom. The van der Waals surface area contributed by atoms with Gasteiger partial charge >= 0.3 is 5.97 Å². The molecule has 1 aromatic carbocycles. The molecular weight excluding hydrogens is 232 g/mol. The van der Waals surface area contributed by atoms with Gasteiger partial charge < -0.3 is 5.11 Å². The normalized spacial score (nSPS) is 10.0. The Kier molecular flexibility index (Phi) is 3.48. The highest BCUT2D eigenvalue weighted by Gasteiger charge is 2.02. The zero-order valence-electron chi connectivity index (χ0n) is 7.38. The van der Waals surface area contributed by atoms with Crippen molar-refractivity contribution in [2.45, 2.75) is 19.8 Å². The van der Waals surface area contributed by atoms with Crippen LogP contribution in [0.4, 0.5) is 0 Å². The summed E-state index contributed by atoms with van der Waals surface area (Å²) in [5.41, 5.74) is 2.21. The van der Waals surface area contributed by atoms with Gasteiger partial charge in [-0.25, -0.2) is 0 Å². The van der Waals surface area contributed by atoms with Crippen LogP contribution in [-0.4, -0.2) is 11.1 Å². The predicted octanol–water partition coefficient (Wildman–Crippen LogP) is 2.77. The summed E-state index contributed by atoms with van der Waals surface area (Å²) in [6.07, 6.45) is 0.764. The molecule has 1 rings (SSSR count). The van der Waals surface area contributed by atoms with Gasteiger partial charge in [0.2, 0.25) is 0 Å². The summed E-state index contributed by atoms with van der Waals surface area (Å²) in [6, 6.07) is 5.95. The highest BCUT2D eigenvalue weighted by Crippen LogP contribution is 2.19. The van der Waals surface area contributed by atoms with Crippen molar-refractivity contribution in [2.24, 2.45) is 0 Å². The molecule has 0 unspecified atom stereocenters. The van der Waals surface area contributed by atoms with Crippen molar-refractivity contribution < 1.29 is 9.90 Å². The third-order valence-electron chi connectivity index (χ3n) is 1.81. The minimum atomic E-state index is -0.756. The lowest BCUT2D eigenvalue weighted by Crippen LogP contribution is -1.98. The molecule has 13 heavy (non-hydrogen) atoms. The van der Waals surface area contributed by atoms with Crippen LogP contribution in [0, 0.1) is 6.92 Å². The maximum atomic E-state index is 10.4. The number of benzene rings is 1. The lowest BCUT2D eigenvalue weighted by molar-refractivity contribution is -0.136. The molecule has 0 radical (unpaired) electrons. The van der Waals surface area contributed by atoms with Crippen molar-refractivity contribution in [1.29, 1.82) is 0 Å². The molecule has 1 aromatic rings. The first-order valence-electron chi connectivity index (χ1n) is 4.06. The Bertz CT molecular complexity index is 321. The summed E-state index contributed by atoms with van der Waals surface area (Å²) in [6.45, 7) is 2.00. The van der Waals surface area contributed by atoms with Gasteiger partial charge in [-0.3, -0.25) is 4.79 Å². The molecule has 70 valence electrons. The molecular formula is C10H11BrO2. The van der Waals surface area contributed by atoms with E-state index in [0.29, 0.717) is 6.42 Å². The first-order chi connectivity index (χ1) is 6.09. The minimum Gasteiger partial charge on any atom is -0.481 e.